The van der Waals surface area contributed by atoms with E-state index in [4.69, 9.17) is 0 Å². The van der Waals surface area contributed by atoms with E-state index >= 15 is 0 Å². The van der Waals surface area contributed by atoms with Crippen LogP contribution in [0.1, 0.15) is 40.0 Å². The second-order valence-electron chi connectivity index (χ2n) is 4.60. The molecular formula is C11H23N. The lowest BCUT2D eigenvalue weighted by Crippen LogP contribution is -2.25. The fourth-order valence-corrected chi connectivity index (χ4v) is 2.24. The minimum absolute atomic E-state index is 0.838. The summed E-state index contributed by atoms with van der Waals surface area (Å²) in [5.41, 5.74) is 0. The van der Waals surface area contributed by atoms with Gasteiger partial charge in [0.1, 0.15) is 0 Å². The van der Waals surface area contributed by atoms with E-state index in [9.17, 15) is 0 Å². The second-order valence-corrected chi connectivity index (χ2v) is 4.60. The molecule has 1 aliphatic heterocycles. The Kier molecular flexibility index (Phi) is 4.07. The predicted octanol–water partition coefficient (Wildman–Crippen LogP) is 2.76. The molecule has 1 heterocycles. The van der Waals surface area contributed by atoms with E-state index in [1.54, 1.807) is 0 Å². The van der Waals surface area contributed by atoms with E-state index in [1.807, 2.05) is 0 Å². The highest BCUT2D eigenvalue weighted by Gasteiger charge is 2.21. The van der Waals surface area contributed by atoms with E-state index in [2.05, 4.69) is 25.7 Å². The first-order valence-electron chi connectivity index (χ1n) is 5.44. The van der Waals surface area contributed by atoms with E-state index in [-0.39, 0.29) is 0 Å². The molecule has 1 rings (SSSR count). The Bertz CT molecular complexity index is 120. The zero-order chi connectivity index (χ0) is 8.97. The van der Waals surface area contributed by atoms with Gasteiger partial charge in [-0.1, -0.05) is 27.2 Å². The minimum Gasteiger partial charge on any atom is -0.303 e. The highest BCUT2D eigenvalue weighted by molar-refractivity contribution is 4.75. The molecule has 0 N–H and O–H groups in total. The molecule has 1 saturated heterocycles. The Balaban J connectivity index is 2.16. The van der Waals surface area contributed by atoms with Gasteiger partial charge in [0.05, 0.1) is 0 Å². The molecule has 0 amide bonds. The average molecular weight is 169 g/mol. The van der Waals surface area contributed by atoms with E-state index in [0.29, 0.717) is 0 Å². The van der Waals surface area contributed by atoms with Crippen molar-refractivity contribution in [2.24, 2.45) is 11.8 Å². The van der Waals surface area contributed by atoms with Gasteiger partial charge >= 0.3 is 0 Å². The summed E-state index contributed by atoms with van der Waals surface area (Å²) >= 11 is 0. The van der Waals surface area contributed by atoms with Crippen molar-refractivity contribution in [2.45, 2.75) is 40.0 Å². The van der Waals surface area contributed by atoms with Crippen LogP contribution in [0, 0.1) is 11.8 Å². The van der Waals surface area contributed by atoms with Crippen LogP contribution in [-0.2, 0) is 0 Å². The Hall–Kier alpha value is -0.0400. The van der Waals surface area contributed by atoms with Gasteiger partial charge < -0.3 is 4.90 Å². The van der Waals surface area contributed by atoms with E-state index < -0.39 is 0 Å². The predicted molar refractivity (Wildman–Crippen MR) is 54.3 cm³/mol. The van der Waals surface area contributed by atoms with Crippen LogP contribution >= 0.6 is 0 Å². The monoisotopic (exact) mass is 169 g/mol. The Labute approximate surface area is 77.1 Å². The normalized spacial score (nSPS) is 25.5. The van der Waals surface area contributed by atoms with Crippen molar-refractivity contribution in [3.63, 3.8) is 0 Å². The Morgan fingerprint density at radius 3 is 2.75 bits per heavy atom. The topological polar surface area (TPSA) is 3.24 Å². The van der Waals surface area contributed by atoms with Crippen molar-refractivity contribution in [3.05, 3.63) is 0 Å². The van der Waals surface area contributed by atoms with E-state index in [1.165, 1.54) is 38.9 Å². The third-order valence-corrected chi connectivity index (χ3v) is 2.69. The van der Waals surface area contributed by atoms with Crippen LogP contribution < -0.4 is 0 Å². The lowest BCUT2D eigenvalue weighted by Gasteiger charge is -2.17. The lowest BCUT2D eigenvalue weighted by molar-refractivity contribution is 0.284. The molecular weight excluding hydrogens is 146 g/mol. The number of nitrogens with zero attached hydrogens (tertiary/aromatic N) is 1. The standard InChI is InChI=1S/C11H23N/c1-4-5-11-6-7-12(9-11)8-10(2)3/h10-11H,4-9H2,1-3H3. The molecule has 0 aromatic heterocycles. The summed E-state index contributed by atoms with van der Waals surface area (Å²) in [4.78, 5) is 2.63. The molecule has 1 unspecified atom stereocenters. The molecule has 1 atom stereocenters. The van der Waals surface area contributed by atoms with Crippen LogP contribution in [0.4, 0.5) is 0 Å². The van der Waals surface area contributed by atoms with Gasteiger partial charge in [0.15, 0.2) is 0 Å². The summed E-state index contributed by atoms with van der Waals surface area (Å²) in [6.45, 7) is 10.9. The molecule has 1 aliphatic rings. The van der Waals surface area contributed by atoms with Crippen molar-refractivity contribution in [2.75, 3.05) is 19.6 Å². The van der Waals surface area contributed by atoms with Crippen LogP contribution in [0.5, 0.6) is 0 Å². The van der Waals surface area contributed by atoms with Gasteiger partial charge in [-0.3, -0.25) is 0 Å². The molecule has 0 aliphatic carbocycles. The van der Waals surface area contributed by atoms with Gasteiger partial charge in [-0.15, -0.1) is 0 Å². The van der Waals surface area contributed by atoms with Crippen LogP contribution in [0.2, 0.25) is 0 Å². The molecule has 72 valence electrons. The number of rotatable bonds is 4. The van der Waals surface area contributed by atoms with Gasteiger partial charge in [0.2, 0.25) is 0 Å². The molecule has 0 spiro atoms. The first kappa shape index (κ1) is 10.0. The average Bonchev–Trinajstić information content (AvgIpc) is 2.36. The smallest absolute Gasteiger partial charge is 0.00102 e. The maximum Gasteiger partial charge on any atom is 0.00102 e. The summed E-state index contributed by atoms with van der Waals surface area (Å²) in [6, 6.07) is 0. The zero-order valence-electron chi connectivity index (χ0n) is 8.84. The maximum absolute atomic E-state index is 2.63. The van der Waals surface area contributed by atoms with Crippen LogP contribution in [0.25, 0.3) is 0 Å². The lowest BCUT2D eigenvalue weighted by atomic mass is 10.0. The quantitative estimate of drug-likeness (QED) is 0.625. The highest BCUT2D eigenvalue weighted by Crippen LogP contribution is 2.21. The molecule has 1 nitrogen and oxygen atoms in total. The molecule has 1 fully saturated rings. The zero-order valence-corrected chi connectivity index (χ0v) is 8.84. The van der Waals surface area contributed by atoms with Crippen molar-refractivity contribution in [1.29, 1.82) is 0 Å². The van der Waals surface area contributed by atoms with Crippen LogP contribution in [0.3, 0.4) is 0 Å². The molecule has 0 radical (unpaired) electrons. The van der Waals surface area contributed by atoms with Crippen LogP contribution in [-0.4, -0.2) is 24.5 Å². The molecule has 0 saturated carbocycles. The summed E-state index contributed by atoms with van der Waals surface area (Å²) in [5.74, 6) is 1.85. The number of hydrogen-bond donors (Lipinski definition) is 0. The fraction of sp³-hybridized carbons (Fsp3) is 1.00. The summed E-state index contributed by atoms with van der Waals surface area (Å²) in [6.07, 6.45) is 4.25. The molecule has 1 heteroatoms. The van der Waals surface area contributed by atoms with Gasteiger partial charge in [-0.2, -0.15) is 0 Å². The Morgan fingerprint density at radius 2 is 2.17 bits per heavy atom. The first-order valence-corrected chi connectivity index (χ1v) is 5.44. The van der Waals surface area contributed by atoms with Crippen molar-refractivity contribution >= 4 is 0 Å². The minimum atomic E-state index is 0.838. The number of hydrogen-bond acceptors (Lipinski definition) is 1. The Morgan fingerprint density at radius 1 is 1.42 bits per heavy atom. The third-order valence-electron chi connectivity index (χ3n) is 2.69. The maximum atomic E-state index is 2.63. The van der Waals surface area contributed by atoms with E-state index in [0.717, 1.165) is 11.8 Å². The highest BCUT2D eigenvalue weighted by atomic mass is 15.1. The summed E-state index contributed by atoms with van der Waals surface area (Å²) in [5, 5.41) is 0. The second kappa shape index (κ2) is 4.86. The number of likely N-dealkylation sites (tertiary alicyclic amines) is 1. The van der Waals surface area contributed by atoms with Gasteiger partial charge in [0.25, 0.3) is 0 Å². The molecule has 0 bridgehead atoms. The molecule has 0 aromatic rings. The van der Waals surface area contributed by atoms with Crippen LogP contribution in [0.15, 0.2) is 0 Å². The fourth-order valence-electron chi connectivity index (χ4n) is 2.24. The summed E-state index contributed by atoms with van der Waals surface area (Å²) < 4.78 is 0. The van der Waals surface area contributed by atoms with Gasteiger partial charge in [0, 0.05) is 13.1 Å². The van der Waals surface area contributed by atoms with Gasteiger partial charge in [-0.05, 0) is 31.2 Å². The van der Waals surface area contributed by atoms with Gasteiger partial charge in [-0.25, -0.2) is 0 Å². The third kappa shape index (κ3) is 3.14. The van der Waals surface area contributed by atoms with Crippen molar-refractivity contribution in [1.82, 2.24) is 4.90 Å². The molecule has 12 heavy (non-hydrogen) atoms. The SMILES string of the molecule is CCCC1CCN(CC(C)C)C1. The largest absolute Gasteiger partial charge is 0.303 e. The van der Waals surface area contributed by atoms with Crippen molar-refractivity contribution in [3.8, 4) is 0 Å². The first-order chi connectivity index (χ1) is 5.72. The molecule has 0 aromatic carbocycles. The summed E-state index contributed by atoms with van der Waals surface area (Å²) in [7, 11) is 0. The van der Waals surface area contributed by atoms with Crippen molar-refractivity contribution < 1.29 is 0 Å².